The fourth-order valence-corrected chi connectivity index (χ4v) is 2.66. The number of hydrogen-bond donors (Lipinski definition) is 4. The number of nitrogens with two attached hydrogens (primary N) is 1. The Balaban J connectivity index is 1.88. The number of carbonyl (C=O) groups excluding carboxylic acids is 2. The number of nitrogen functional groups attached to an aromatic ring is 1. The van der Waals surface area contributed by atoms with E-state index in [0.717, 1.165) is 11.1 Å². The van der Waals surface area contributed by atoms with Crippen molar-refractivity contribution in [2.45, 2.75) is 18.6 Å². The lowest BCUT2D eigenvalue weighted by molar-refractivity contribution is -0.127. The van der Waals surface area contributed by atoms with Crippen molar-refractivity contribution in [3.8, 4) is 11.1 Å². The van der Waals surface area contributed by atoms with Crippen LogP contribution >= 0.6 is 0 Å². The van der Waals surface area contributed by atoms with Crippen LogP contribution in [0.15, 0.2) is 48.5 Å². The topological polar surface area (TPSA) is 104 Å². The van der Waals surface area contributed by atoms with E-state index in [-0.39, 0.29) is 0 Å². The van der Waals surface area contributed by atoms with Gasteiger partial charge < -0.3 is 16.2 Å². The predicted octanol–water partition coefficient (Wildman–Crippen LogP) is 1.57. The summed E-state index contributed by atoms with van der Waals surface area (Å²) in [5.41, 5.74) is 7.51. The standard InChI is InChI=1S/C17H17N3O3/c1-17(15(22)19-16(23)20-17)14(21)11-7-5-10(6-8-11)12-3-2-4-13(18)9-12/h2-9,14,21H,18H2,1H3,(H2,19,20,22,23). The van der Waals surface area contributed by atoms with Crippen LogP contribution in [0.3, 0.4) is 0 Å². The van der Waals surface area contributed by atoms with Crippen molar-refractivity contribution >= 4 is 17.6 Å². The van der Waals surface area contributed by atoms with E-state index >= 15 is 0 Å². The number of aliphatic hydroxyl groups excluding tert-OH is 1. The third-order valence-corrected chi connectivity index (χ3v) is 4.07. The number of anilines is 1. The Morgan fingerprint density at radius 2 is 1.78 bits per heavy atom. The van der Waals surface area contributed by atoms with Gasteiger partial charge in [-0.3, -0.25) is 10.1 Å². The SMILES string of the molecule is CC1(C(O)c2ccc(-c3cccc(N)c3)cc2)NC(=O)NC1=O. The van der Waals surface area contributed by atoms with E-state index in [0.29, 0.717) is 11.3 Å². The minimum atomic E-state index is -1.38. The van der Waals surface area contributed by atoms with Crippen molar-refractivity contribution in [2.75, 3.05) is 5.73 Å². The smallest absolute Gasteiger partial charge is 0.322 e. The van der Waals surface area contributed by atoms with Crippen molar-refractivity contribution in [2.24, 2.45) is 0 Å². The number of urea groups is 1. The second-order valence-electron chi connectivity index (χ2n) is 5.76. The molecule has 2 unspecified atom stereocenters. The summed E-state index contributed by atoms with van der Waals surface area (Å²) in [7, 11) is 0. The zero-order chi connectivity index (χ0) is 16.6. The molecule has 0 radical (unpaired) electrons. The zero-order valence-electron chi connectivity index (χ0n) is 12.5. The van der Waals surface area contributed by atoms with Gasteiger partial charge in [-0.1, -0.05) is 36.4 Å². The summed E-state index contributed by atoms with van der Waals surface area (Å²) in [5.74, 6) is -0.546. The number of rotatable bonds is 3. The highest BCUT2D eigenvalue weighted by Gasteiger charge is 2.48. The highest BCUT2D eigenvalue weighted by Crippen LogP contribution is 2.30. The first kappa shape index (κ1) is 15.1. The molecule has 6 nitrogen and oxygen atoms in total. The van der Waals surface area contributed by atoms with Crippen LogP contribution in [0.5, 0.6) is 0 Å². The molecule has 1 aliphatic rings. The summed E-state index contributed by atoms with van der Waals surface area (Å²) >= 11 is 0. The van der Waals surface area contributed by atoms with Gasteiger partial charge in [0.1, 0.15) is 11.6 Å². The molecule has 23 heavy (non-hydrogen) atoms. The second kappa shape index (κ2) is 5.40. The van der Waals surface area contributed by atoms with Crippen LogP contribution in [-0.2, 0) is 4.79 Å². The minimum Gasteiger partial charge on any atom is -0.399 e. The van der Waals surface area contributed by atoms with Crippen LogP contribution in [0.1, 0.15) is 18.6 Å². The number of aliphatic hydroxyl groups is 1. The summed E-state index contributed by atoms with van der Waals surface area (Å²) in [6.07, 6.45) is -1.15. The van der Waals surface area contributed by atoms with E-state index in [1.807, 2.05) is 36.4 Å². The number of amides is 3. The van der Waals surface area contributed by atoms with E-state index in [9.17, 15) is 14.7 Å². The van der Waals surface area contributed by atoms with Crippen molar-refractivity contribution in [3.05, 3.63) is 54.1 Å². The largest absolute Gasteiger partial charge is 0.399 e. The van der Waals surface area contributed by atoms with E-state index in [2.05, 4.69) is 10.6 Å². The van der Waals surface area contributed by atoms with Crippen LogP contribution in [0.25, 0.3) is 11.1 Å². The minimum absolute atomic E-state index is 0.539. The predicted molar refractivity (Wildman–Crippen MR) is 86.3 cm³/mol. The van der Waals surface area contributed by atoms with Crippen molar-refractivity contribution in [1.29, 1.82) is 0 Å². The van der Waals surface area contributed by atoms with Crippen LogP contribution in [-0.4, -0.2) is 22.6 Å². The molecule has 118 valence electrons. The number of nitrogens with one attached hydrogen (secondary N) is 2. The molecular weight excluding hydrogens is 294 g/mol. The fourth-order valence-electron chi connectivity index (χ4n) is 2.66. The molecule has 0 spiro atoms. The van der Waals surface area contributed by atoms with Crippen LogP contribution in [0.2, 0.25) is 0 Å². The summed E-state index contributed by atoms with van der Waals surface area (Å²) < 4.78 is 0. The van der Waals surface area contributed by atoms with Gasteiger partial charge in [0.2, 0.25) is 0 Å². The summed E-state index contributed by atoms with van der Waals surface area (Å²) in [6.45, 7) is 1.49. The first-order chi connectivity index (χ1) is 10.9. The van der Waals surface area contributed by atoms with Crippen LogP contribution < -0.4 is 16.4 Å². The van der Waals surface area contributed by atoms with Crippen molar-refractivity contribution < 1.29 is 14.7 Å². The van der Waals surface area contributed by atoms with Crippen molar-refractivity contribution in [3.63, 3.8) is 0 Å². The quantitative estimate of drug-likeness (QED) is 0.510. The summed E-state index contributed by atoms with van der Waals surface area (Å²) in [6, 6.07) is 14.0. The number of carbonyl (C=O) groups is 2. The Kier molecular flexibility index (Phi) is 3.54. The molecule has 5 N–H and O–H groups in total. The maximum absolute atomic E-state index is 11.9. The Morgan fingerprint density at radius 1 is 1.09 bits per heavy atom. The van der Waals surface area contributed by atoms with Gasteiger partial charge in [0.15, 0.2) is 0 Å². The molecular formula is C17H17N3O3. The molecule has 3 rings (SSSR count). The van der Waals surface area contributed by atoms with Gasteiger partial charge in [0.25, 0.3) is 5.91 Å². The van der Waals surface area contributed by atoms with E-state index < -0.39 is 23.6 Å². The molecule has 2 aromatic carbocycles. The molecule has 2 atom stereocenters. The van der Waals surface area contributed by atoms with Gasteiger partial charge in [0, 0.05) is 5.69 Å². The highest BCUT2D eigenvalue weighted by molar-refractivity contribution is 6.07. The summed E-state index contributed by atoms with van der Waals surface area (Å²) in [5, 5.41) is 15.1. The molecule has 0 bridgehead atoms. The van der Waals surface area contributed by atoms with Crippen molar-refractivity contribution in [1.82, 2.24) is 10.6 Å². The molecule has 3 amide bonds. The first-order valence-electron chi connectivity index (χ1n) is 7.18. The lowest BCUT2D eigenvalue weighted by atomic mass is 9.89. The maximum Gasteiger partial charge on any atom is 0.322 e. The van der Waals surface area contributed by atoms with E-state index in [1.54, 1.807) is 12.1 Å². The third kappa shape index (κ3) is 2.64. The van der Waals surface area contributed by atoms with E-state index in [4.69, 9.17) is 5.73 Å². The Labute approximate surface area is 133 Å². The molecule has 1 aliphatic heterocycles. The molecule has 1 heterocycles. The molecule has 1 fully saturated rings. The lowest BCUT2D eigenvalue weighted by Crippen LogP contribution is -2.49. The van der Waals surface area contributed by atoms with Gasteiger partial charge in [0.05, 0.1) is 0 Å². The molecule has 1 saturated heterocycles. The van der Waals surface area contributed by atoms with Gasteiger partial charge in [-0.25, -0.2) is 4.79 Å². The fraction of sp³-hybridized carbons (Fsp3) is 0.176. The Bertz CT molecular complexity index is 773. The maximum atomic E-state index is 11.9. The monoisotopic (exact) mass is 311 g/mol. The van der Waals surface area contributed by atoms with Gasteiger partial charge >= 0.3 is 6.03 Å². The summed E-state index contributed by atoms with van der Waals surface area (Å²) in [4.78, 5) is 23.2. The third-order valence-electron chi connectivity index (χ3n) is 4.07. The van der Waals surface area contributed by atoms with Crippen LogP contribution in [0.4, 0.5) is 10.5 Å². The first-order valence-corrected chi connectivity index (χ1v) is 7.18. The average molecular weight is 311 g/mol. The number of hydrogen-bond acceptors (Lipinski definition) is 4. The number of benzene rings is 2. The Hall–Kier alpha value is -2.86. The molecule has 0 aliphatic carbocycles. The molecule has 2 aromatic rings. The highest BCUT2D eigenvalue weighted by atomic mass is 16.3. The van der Waals surface area contributed by atoms with E-state index in [1.165, 1.54) is 6.92 Å². The molecule has 0 aromatic heterocycles. The van der Waals surface area contributed by atoms with Crippen LogP contribution in [0, 0.1) is 0 Å². The Morgan fingerprint density at radius 3 is 2.35 bits per heavy atom. The zero-order valence-corrected chi connectivity index (χ0v) is 12.5. The average Bonchev–Trinajstić information content (AvgIpc) is 2.80. The molecule has 6 heteroatoms. The van der Waals surface area contributed by atoms with Gasteiger partial charge in [-0.2, -0.15) is 0 Å². The van der Waals surface area contributed by atoms with Gasteiger partial charge in [-0.15, -0.1) is 0 Å². The number of imide groups is 1. The molecule has 0 saturated carbocycles. The lowest BCUT2D eigenvalue weighted by Gasteiger charge is -2.27. The van der Waals surface area contributed by atoms with Gasteiger partial charge in [-0.05, 0) is 35.7 Å². The second-order valence-corrected chi connectivity index (χ2v) is 5.76. The normalized spacial score (nSPS) is 21.7.